The molecule has 3 atom stereocenters. The van der Waals surface area contributed by atoms with Crippen molar-refractivity contribution in [3.05, 3.63) is 48.0 Å². The van der Waals surface area contributed by atoms with E-state index < -0.39 is 42.0 Å². The number of aliphatic carboxylic acids is 3. The van der Waals surface area contributed by atoms with Gasteiger partial charge in [0, 0.05) is 18.7 Å². The lowest BCUT2D eigenvalue weighted by atomic mass is 10.0. The molecule has 0 aliphatic carbocycles. The van der Waals surface area contributed by atoms with Crippen molar-refractivity contribution in [3.8, 4) is 0 Å². The van der Waals surface area contributed by atoms with Crippen molar-refractivity contribution in [2.75, 3.05) is 13.2 Å². The van der Waals surface area contributed by atoms with Gasteiger partial charge in [-0.2, -0.15) is 0 Å². The Morgan fingerprint density at radius 1 is 1.09 bits per heavy atom. The van der Waals surface area contributed by atoms with Crippen LogP contribution in [0.3, 0.4) is 0 Å². The molecule has 1 fully saturated rings. The standard InChI is InChI=1S/C20H28N2O5.C4H4O4/c1-3-27-20(26)16(12-11-15-8-5-4-6-9-15)21-14(2)18(23)22-13-7-10-17(22)19(24)25;5-3(6)1-2-4(7)8/h4-6,8-9,14,16-17,21H,3,7,10-13H2,1-2H3,(H,24,25);1-2H,(H,5,6)(H,7,8)/b;2-1-/t14-,16+,17-;/m1./s1. The fourth-order valence-electron chi connectivity index (χ4n) is 3.52. The summed E-state index contributed by atoms with van der Waals surface area (Å²) >= 11 is 0. The summed E-state index contributed by atoms with van der Waals surface area (Å²) in [4.78, 5) is 56.8. The van der Waals surface area contributed by atoms with E-state index in [-0.39, 0.29) is 12.5 Å². The molecule has 192 valence electrons. The number of esters is 1. The molecule has 1 aromatic carbocycles. The molecule has 0 radical (unpaired) electrons. The van der Waals surface area contributed by atoms with Gasteiger partial charge in [-0.05, 0) is 45.1 Å². The van der Waals surface area contributed by atoms with Crippen LogP contribution in [0.15, 0.2) is 42.5 Å². The number of hydrogen-bond acceptors (Lipinski definition) is 7. The molecule has 4 N–H and O–H groups in total. The third-order valence-corrected chi connectivity index (χ3v) is 5.15. The molecule has 1 amide bonds. The number of likely N-dealkylation sites (tertiary alicyclic amines) is 1. The molecule has 35 heavy (non-hydrogen) atoms. The molecule has 0 bridgehead atoms. The fraction of sp³-hybridized carbons (Fsp3) is 0.458. The lowest BCUT2D eigenvalue weighted by Gasteiger charge is -2.27. The summed E-state index contributed by atoms with van der Waals surface area (Å²) < 4.78 is 5.14. The number of rotatable bonds is 11. The monoisotopic (exact) mass is 492 g/mol. The Morgan fingerprint density at radius 3 is 2.20 bits per heavy atom. The van der Waals surface area contributed by atoms with E-state index in [9.17, 15) is 29.1 Å². The van der Waals surface area contributed by atoms with Gasteiger partial charge in [-0.15, -0.1) is 0 Å². The van der Waals surface area contributed by atoms with Crippen molar-refractivity contribution in [2.24, 2.45) is 0 Å². The lowest BCUT2D eigenvalue weighted by Crippen LogP contribution is -2.53. The molecule has 1 aliphatic rings. The highest BCUT2D eigenvalue weighted by atomic mass is 16.5. The zero-order valence-electron chi connectivity index (χ0n) is 19.8. The van der Waals surface area contributed by atoms with Crippen LogP contribution < -0.4 is 5.32 Å². The summed E-state index contributed by atoms with van der Waals surface area (Å²) in [7, 11) is 0. The number of carboxylic acid groups (broad SMARTS) is 3. The fourth-order valence-corrected chi connectivity index (χ4v) is 3.52. The van der Waals surface area contributed by atoms with Crippen LogP contribution in [0.2, 0.25) is 0 Å². The normalized spacial score (nSPS) is 16.6. The van der Waals surface area contributed by atoms with Gasteiger partial charge in [-0.3, -0.25) is 14.9 Å². The van der Waals surface area contributed by atoms with Crippen LogP contribution in [0, 0.1) is 0 Å². The highest BCUT2D eigenvalue weighted by Gasteiger charge is 2.36. The summed E-state index contributed by atoms with van der Waals surface area (Å²) in [6, 6.07) is 7.69. The van der Waals surface area contributed by atoms with Crippen LogP contribution in [-0.4, -0.2) is 81.3 Å². The molecular formula is C24H32N2O9. The van der Waals surface area contributed by atoms with Crippen LogP contribution in [-0.2, 0) is 35.1 Å². The quantitative estimate of drug-likeness (QED) is 0.261. The number of carbonyl (C=O) groups is 5. The van der Waals surface area contributed by atoms with Crippen molar-refractivity contribution in [1.82, 2.24) is 10.2 Å². The number of nitrogens with zero attached hydrogens (tertiary/aromatic N) is 1. The number of aryl methyl sites for hydroxylation is 1. The van der Waals surface area contributed by atoms with Gasteiger partial charge in [0.2, 0.25) is 5.91 Å². The van der Waals surface area contributed by atoms with Crippen LogP contribution >= 0.6 is 0 Å². The van der Waals surface area contributed by atoms with Gasteiger partial charge in [0.05, 0.1) is 12.6 Å². The third kappa shape index (κ3) is 10.8. The number of hydrogen-bond donors (Lipinski definition) is 4. The second-order valence-electron chi connectivity index (χ2n) is 7.75. The first-order chi connectivity index (χ1) is 16.6. The van der Waals surface area contributed by atoms with Crippen LogP contribution in [0.4, 0.5) is 0 Å². The van der Waals surface area contributed by atoms with E-state index in [0.717, 1.165) is 5.56 Å². The number of carbonyl (C=O) groups excluding carboxylic acids is 2. The molecule has 1 heterocycles. The molecule has 11 heteroatoms. The minimum atomic E-state index is -1.26. The van der Waals surface area contributed by atoms with E-state index in [0.29, 0.717) is 44.4 Å². The van der Waals surface area contributed by atoms with Gasteiger partial charge >= 0.3 is 23.9 Å². The predicted molar refractivity (Wildman–Crippen MR) is 125 cm³/mol. The Kier molecular flexibility index (Phi) is 12.7. The van der Waals surface area contributed by atoms with Crippen LogP contribution in [0.5, 0.6) is 0 Å². The summed E-state index contributed by atoms with van der Waals surface area (Å²) in [5, 5.41) is 27.9. The average molecular weight is 493 g/mol. The highest BCUT2D eigenvalue weighted by molar-refractivity contribution is 5.89. The minimum absolute atomic E-state index is 0.262. The first-order valence-corrected chi connectivity index (χ1v) is 11.2. The Bertz CT molecular complexity index is 886. The summed E-state index contributed by atoms with van der Waals surface area (Å²) in [6.45, 7) is 4.09. The molecule has 2 rings (SSSR count). The third-order valence-electron chi connectivity index (χ3n) is 5.15. The molecular weight excluding hydrogens is 460 g/mol. The van der Waals surface area contributed by atoms with Gasteiger partial charge in [0.25, 0.3) is 0 Å². The van der Waals surface area contributed by atoms with Crippen molar-refractivity contribution in [1.29, 1.82) is 0 Å². The molecule has 1 aromatic rings. The van der Waals surface area contributed by atoms with Crippen molar-refractivity contribution < 1.29 is 44.0 Å². The van der Waals surface area contributed by atoms with Gasteiger partial charge < -0.3 is 25.0 Å². The summed E-state index contributed by atoms with van der Waals surface area (Å²) in [5.74, 6) is -4.20. The smallest absolute Gasteiger partial charge is 0.328 e. The first-order valence-electron chi connectivity index (χ1n) is 11.2. The maximum absolute atomic E-state index is 12.7. The molecule has 11 nitrogen and oxygen atoms in total. The molecule has 1 aliphatic heterocycles. The zero-order valence-corrected chi connectivity index (χ0v) is 19.8. The second kappa shape index (κ2) is 15.2. The van der Waals surface area contributed by atoms with Gasteiger partial charge in [0.15, 0.2) is 0 Å². The topological polar surface area (TPSA) is 171 Å². The SMILES string of the molecule is CCOC(=O)[C@H](CCc1ccccc1)N[C@H](C)C(=O)N1CCC[C@@H]1C(=O)O.O=C(O)/C=C\C(=O)O. The van der Waals surface area contributed by atoms with E-state index in [1.807, 2.05) is 30.3 Å². The van der Waals surface area contributed by atoms with Gasteiger partial charge in [-0.1, -0.05) is 30.3 Å². The number of benzene rings is 1. The molecule has 0 aromatic heterocycles. The first kappa shape index (κ1) is 29.3. The summed E-state index contributed by atoms with van der Waals surface area (Å²) in [5.41, 5.74) is 1.10. The predicted octanol–water partition coefficient (Wildman–Crippen LogP) is 1.32. The van der Waals surface area contributed by atoms with Crippen LogP contribution in [0.1, 0.15) is 38.7 Å². The zero-order chi connectivity index (χ0) is 26.4. The number of nitrogens with one attached hydrogen (secondary N) is 1. The van der Waals surface area contributed by atoms with E-state index in [1.54, 1.807) is 13.8 Å². The molecule has 1 saturated heterocycles. The number of amides is 1. The van der Waals surface area contributed by atoms with E-state index in [2.05, 4.69) is 5.32 Å². The van der Waals surface area contributed by atoms with E-state index >= 15 is 0 Å². The van der Waals surface area contributed by atoms with E-state index in [1.165, 1.54) is 4.90 Å². The number of carboxylic acids is 3. The van der Waals surface area contributed by atoms with Crippen molar-refractivity contribution in [2.45, 2.75) is 57.7 Å². The molecule has 0 spiro atoms. The Labute approximate surface area is 203 Å². The van der Waals surface area contributed by atoms with Crippen LogP contribution in [0.25, 0.3) is 0 Å². The largest absolute Gasteiger partial charge is 0.480 e. The van der Waals surface area contributed by atoms with E-state index in [4.69, 9.17) is 14.9 Å². The lowest BCUT2D eigenvalue weighted by molar-refractivity contribution is -0.150. The Balaban J connectivity index is 0.000000658. The highest BCUT2D eigenvalue weighted by Crippen LogP contribution is 2.19. The van der Waals surface area contributed by atoms with Gasteiger partial charge in [0.1, 0.15) is 12.1 Å². The molecule has 0 unspecified atom stereocenters. The van der Waals surface area contributed by atoms with Crippen molar-refractivity contribution in [3.63, 3.8) is 0 Å². The maximum Gasteiger partial charge on any atom is 0.328 e. The Hall–Kier alpha value is -3.73. The molecule has 0 saturated carbocycles. The van der Waals surface area contributed by atoms with Gasteiger partial charge in [-0.25, -0.2) is 14.4 Å². The number of ether oxygens (including phenoxy) is 1. The second-order valence-corrected chi connectivity index (χ2v) is 7.75. The maximum atomic E-state index is 12.7. The van der Waals surface area contributed by atoms with Crippen molar-refractivity contribution >= 4 is 29.8 Å². The minimum Gasteiger partial charge on any atom is -0.480 e. The average Bonchev–Trinajstić information content (AvgIpc) is 3.31. The summed E-state index contributed by atoms with van der Waals surface area (Å²) in [6.07, 6.45) is 3.40. The Morgan fingerprint density at radius 2 is 1.69 bits per heavy atom.